The Kier molecular flexibility index (Phi) is 4.93. The molecule has 1 aliphatic rings. The van der Waals surface area contributed by atoms with Gasteiger partial charge >= 0.3 is 5.97 Å². The number of rotatable bonds is 6. The van der Waals surface area contributed by atoms with Gasteiger partial charge in [0.25, 0.3) is 0 Å². The van der Waals surface area contributed by atoms with Crippen molar-refractivity contribution >= 4 is 11.9 Å². The van der Waals surface area contributed by atoms with Gasteiger partial charge in [0.05, 0.1) is 6.42 Å². The molecule has 1 amide bonds. The van der Waals surface area contributed by atoms with Crippen molar-refractivity contribution in [3.05, 3.63) is 47.5 Å². The summed E-state index contributed by atoms with van der Waals surface area (Å²) in [5, 5.41) is 8.78. The minimum atomic E-state index is -0.948. The predicted octanol–water partition coefficient (Wildman–Crippen LogP) is 2.25. The number of carboxylic acids is 1. The molecule has 2 rings (SSSR count). The smallest absolute Gasteiger partial charge is 0.308 e. The van der Waals surface area contributed by atoms with Gasteiger partial charge in [-0.2, -0.15) is 0 Å². The normalized spacial score (nSPS) is 15.1. The summed E-state index contributed by atoms with van der Waals surface area (Å²) in [6, 6.07) is 10.2. The molecule has 1 aliphatic heterocycles. The van der Waals surface area contributed by atoms with Crippen LogP contribution in [0.25, 0.3) is 0 Å². The van der Waals surface area contributed by atoms with Crippen molar-refractivity contribution in [2.24, 2.45) is 0 Å². The lowest BCUT2D eigenvalue weighted by Gasteiger charge is -2.26. The Morgan fingerprint density at radius 2 is 2.00 bits per heavy atom. The first-order chi connectivity index (χ1) is 9.66. The summed E-state index contributed by atoms with van der Waals surface area (Å²) < 4.78 is 0. The minimum Gasteiger partial charge on any atom is -0.481 e. The number of carbonyl (C=O) groups is 2. The van der Waals surface area contributed by atoms with E-state index in [-0.39, 0.29) is 12.3 Å². The van der Waals surface area contributed by atoms with E-state index in [0.29, 0.717) is 18.7 Å². The maximum Gasteiger partial charge on any atom is 0.308 e. The summed E-state index contributed by atoms with van der Waals surface area (Å²) in [4.78, 5) is 24.6. The number of amides is 1. The van der Waals surface area contributed by atoms with Gasteiger partial charge in [0.15, 0.2) is 0 Å². The Morgan fingerprint density at radius 3 is 2.70 bits per heavy atom. The second-order valence-corrected chi connectivity index (χ2v) is 4.97. The van der Waals surface area contributed by atoms with Crippen LogP contribution in [0.4, 0.5) is 0 Å². The zero-order valence-electron chi connectivity index (χ0n) is 11.4. The Hall–Kier alpha value is -2.10. The third kappa shape index (κ3) is 3.95. The second-order valence-electron chi connectivity index (χ2n) is 4.97. The molecule has 0 saturated heterocycles. The highest BCUT2D eigenvalue weighted by molar-refractivity contribution is 5.98. The highest BCUT2D eigenvalue weighted by Gasteiger charge is 2.22. The lowest BCUT2D eigenvalue weighted by molar-refractivity contribution is -0.138. The molecule has 0 radical (unpaired) electrons. The first-order valence-corrected chi connectivity index (χ1v) is 6.91. The third-order valence-electron chi connectivity index (χ3n) is 3.43. The molecule has 1 aromatic rings. The number of carboxylic acid groups (broad SMARTS) is 1. The van der Waals surface area contributed by atoms with Crippen LogP contribution in [-0.2, 0) is 16.0 Å². The maximum atomic E-state index is 12.1. The summed E-state index contributed by atoms with van der Waals surface area (Å²) >= 11 is 0. The molecule has 0 aromatic heterocycles. The van der Waals surface area contributed by atoms with Crippen LogP contribution in [0.5, 0.6) is 0 Å². The molecule has 0 aliphatic carbocycles. The molecule has 0 spiro atoms. The molecular formula is C16H19NO3. The monoisotopic (exact) mass is 273 g/mol. The standard InChI is InChI=1S/C16H19NO3/c18-15(19)12-14-9-5-11-17(16(14)20)10-4-8-13-6-2-1-3-7-13/h1-3,6-7,9H,4-5,8,10-12H2,(H,18,19). The fourth-order valence-corrected chi connectivity index (χ4v) is 2.43. The summed E-state index contributed by atoms with van der Waals surface area (Å²) in [6.45, 7) is 1.38. The van der Waals surface area contributed by atoms with E-state index in [0.717, 1.165) is 19.3 Å². The first-order valence-electron chi connectivity index (χ1n) is 6.91. The highest BCUT2D eigenvalue weighted by Crippen LogP contribution is 2.15. The summed E-state index contributed by atoms with van der Waals surface area (Å²) in [5.74, 6) is -1.07. The van der Waals surface area contributed by atoms with Crippen molar-refractivity contribution in [1.29, 1.82) is 0 Å². The molecule has 0 atom stereocenters. The van der Waals surface area contributed by atoms with Gasteiger partial charge in [-0.15, -0.1) is 0 Å². The number of benzene rings is 1. The van der Waals surface area contributed by atoms with E-state index in [1.165, 1.54) is 5.56 Å². The van der Waals surface area contributed by atoms with Gasteiger partial charge in [0.2, 0.25) is 5.91 Å². The fraction of sp³-hybridized carbons (Fsp3) is 0.375. The quantitative estimate of drug-likeness (QED) is 0.865. The molecule has 20 heavy (non-hydrogen) atoms. The van der Waals surface area contributed by atoms with Gasteiger partial charge in [-0.3, -0.25) is 9.59 Å². The van der Waals surface area contributed by atoms with Crippen LogP contribution < -0.4 is 0 Å². The van der Waals surface area contributed by atoms with E-state index in [4.69, 9.17) is 5.11 Å². The third-order valence-corrected chi connectivity index (χ3v) is 3.43. The molecule has 106 valence electrons. The Bertz CT molecular complexity index is 508. The average molecular weight is 273 g/mol. The molecular weight excluding hydrogens is 254 g/mol. The summed E-state index contributed by atoms with van der Waals surface area (Å²) in [6.07, 6.45) is 4.16. The molecule has 0 fully saturated rings. The van der Waals surface area contributed by atoms with Crippen molar-refractivity contribution < 1.29 is 14.7 Å². The van der Waals surface area contributed by atoms with E-state index in [9.17, 15) is 9.59 Å². The van der Waals surface area contributed by atoms with Crippen LogP contribution in [0, 0.1) is 0 Å². The van der Waals surface area contributed by atoms with Gasteiger partial charge in [0, 0.05) is 18.7 Å². The van der Waals surface area contributed by atoms with Gasteiger partial charge < -0.3 is 10.0 Å². The van der Waals surface area contributed by atoms with Crippen molar-refractivity contribution in [2.45, 2.75) is 25.7 Å². The lowest BCUT2D eigenvalue weighted by Crippen LogP contribution is -2.37. The van der Waals surface area contributed by atoms with Crippen molar-refractivity contribution in [3.8, 4) is 0 Å². The van der Waals surface area contributed by atoms with Crippen LogP contribution >= 0.6 is 0 Å². The molecule has 4 nitrogen and oxygen atoms in total. The topological polar surface area (TPSA) is 57.6 Å². The second kappa shape index (κ2) is 6.89. The predicted molar refractivity (Wildman–Crippen MR) is 76.3 cm³/mol. The zero-order valence-corrected chi connectivity index (χ0v) is 11.4. The van der Waals surface area contributed by atoms with Crippen LogP contribution in [0.3, 0.4) is 0 Å². The van der Waals surface area contributed by atoms with Crippen LogP contribution in [-0.4, -0.2) is 35.0 Å². The molecule has 0 bridgehead atoms. The summed E-state index contributed by atoms with van der Waals surface area (Å²) in [7, 11) is 0. The molecule has 1 N–H and O–H groups in total. The van der Waals surface area contributed by atoms with E-state index < -0.39 is 5.97 Å². The maximum absolute atomic E-state index is 12.1. The van der Waals surface area contributed by atoms with E-state index >= 15 is 0 Å². The Labute approximate surface area is 118 Å². The molecule has 4 heteroatoms. The number of hydrogen-bond donors (Lipinski definition) is 1. The average Bonchev–Trinajstić information content (AvgIpc) is 2.43. The molecule has 1 heterocycles. The van der Waals surface area contributed by atoms with Crippen molar-refractivity contribution in [1.82, 2.24) is 4.90 Å². The van der Waals surface area contributed by atoms with Gasteiger partial charge in [0.1, 0.15) is 0 Å². The van der Waals surface area contributed by atoms with Crippen LogP contribution in [0.2, 0.25) is 0 Å². The van der Waals surface area contributed by atoms with Crippen molar-refractivity contribution in [3.63, 3.8) is 0 Å². The summed E-state index contributed by atoms with van der Waals surface area (Å²) in [5.41, 5.74) is 1.68. The fourth-order valence-electron chi connectivity index (χ4n) is 2.43. The van der Waals surface area contributed by atoms with Gasteiger partial charge in [-0.05, 0) is 24.8 Å². The van der Waals surface area contributed by atoms with Crippen LogP contribution in [0.15, 0.2) is 42.0 Å². The van der Waals surface area contributed by atoms with Gasteiger partial charge in [-0.1, -0.05) is 36.4 Å². The largest absolute Gasteiger partial charge is 0.481 e. The Morgan fingerprint density at radius 1 is 1.25 bits per heavy atom. The SMILES string of the molecule is O=C(O)CC1=CCCN(CCCc2ccccc2)C1=O. The zero-order chi connectivity index (χ0) is 14.4. The number of carbonyl (C=O) groups excluding carboxylic acids is 1. The van der Waals surface area contributed by atoms with E-state index in [1.54, 1.807) is 11.0 Å². The first kappa shape index (κ1) is 14.3. The highest BCUT2D eigenvalue weighted by atomic mass is 16.4. The Balaban J connectivity index is 1.83. The number of aryl methyl sites for hydroxylation is 1. The lowest BCUT2D eigenvalue weighted by atomic mass is 10.0. The number of hydrogen-bond acceptors (Lipinski definition) is 2. The van der Waals surface area contributed by atoms with Gasteiger partial charge in [-0.25, -0.2) is 0 Å². The molecule has 0 unspecified atom stereocenters. The molecule has 0 saturated carbocycles. The van der Waals surface area contributed by atoms with Crippen molar-refractivity contribution in [2.75, 3.05) is 13.1 Å². The number of nitrogens with zero attached hydrogens (tertiary/aromatic N) is 1. The minimum absolute atomic E-state index is 0.119. The molecule has 1 aromatic carbocycles. The van der Waals surface area contributed by atoms with Crippen LogP contribution in [0.1, 0.15) is 24.8 Å². The number of aliphatic carboxylic acids is 1. The van der Waals surface area contributed by atoms with E-state index in [2.05, 4.69) is 12.1 Å². The van der Waals surface area contributed by atoms with E-state index in [1.807, 2.05) is 18.2 Å².